The van der Waals surface area contributed by atoms with Gasteiger partial charge >= 0.3 is 0 Å². The minimum absolute atomic E-state index is 0.0558. The summed E-state index contributed by atoms with van der Waals surface area (Å²) in [5.41, 5.74) is 3.67. The molecule has 2 aromatic rings. The van der Waals surface area contributed by atoms with Crippen LogP contribution in [0.5, 0.6) is 11.5 Å². The minimum Gasteiger partial charge on any atom is -0.508 e. The van der Waals surface area contributed by atoms with Gasteiger partial charge in [0.1, 0.15) is 17.1 Å². The van der Waals surface area contributed by atoms with Gasteiger partial charge in [-0.1, -0.05) is 6.08 Å². The fourth-order valence-electron chi connectivity index (χ4n) is 5.47. The van der Waals surface area contributed by atoms with Crippen LogP contribution in [0.1, 0.15) is 35.8 Å². The van der Waals surface area contributed by atoms with Crippen molar-refractivity contribution in [1.82, 2.24) is 14.9 Å². The zero-order valence-corrected chi connectivity index (χ0v) is 19.6. The van der Waals surface area contributed by atoms with Crippen LogP contribution in [0.25, 0.3) is 0 Å². The lowest BCUT2D eigenvalue weighted by atomic mass is 9.82. The molecule has 0 saturated carbocycles. The molecule has 4 aliphatic heterocycles. The lowest BCUT2D eigenvalue weighted by Crippen LogP contribution is -2.51. The Balaban J connectivity index is 1.24. The van der Waals surface area contributed by atoms with Crippen LogP contribution in [-0.4, -0.2) is 77.7 Å². The first-order valence-corrected chi connectivity index (χ1v) is 11.9. The van der Waals surface area contributed by atoms with Crippen molar-refractivity contribution in [2.24, 2.45) is 0 Å². The first kappa shape index (κ1) is 21.5. The highest BCUT2D eigenvalue weighted by atomic mass is 16.5. The van der Waals surface area contributed by atoms with Crippen LogP contribution >= 0.6 is 0 Å². The second kappa shape index (κ2) is 8.01. The molecule has 2 fully saturated rings. The number of phenols is 1. The lowest BCUT2D eigenvalue weighted by molar-refractivity contribution is -0.0297. The molecule has 4 aliphatic rings. The smallest absolute Gasteiger partial charge is 0.254 e. The third-order valence-corrected chi connectivity index (χ3v) is 7.26. The van der Waals surface area contributed by atoms with Crippen molar-refractivity contribution in [3.63, 3.8) is 0 Å². The Kier molecular flexibility index (Phi) is 5.05. The van der Waals surface area contributed by atoms with Gasteiger partial charge in [0.2, 0.25) is 0 Å². The number of ether oxygens (including phenoxy) is 2. The summed E-state index contributed by atoms with van der Waals surface area (Å²) in [6, 6.07) is 13.4. The van der Waals surface area contributed by atoms with Gasteiger partial charge in [0.15, 0.2) is 0 Å². The van der Waals surface area contributed by atoms with Gasteiger partial charge in [-0.15, -0.1) is 0 Å². The maximum atomic E-state index is 12.8. The number of hydrogen-bond acceptors (Lipinski definition) is 7. The molecule has 1 amide bonds. The molecule has 8 heteroatoms. The van der Waals surface area contributed by atoms with E-state index in [4.69, 9.17) is 9.47 Å². The maximum absolute atomic E-state index is 12.8. The van der Waals surface area contributed by atoms with Gasteiger partial charge in [0.05, 0.1) is 32.6 Å². The average molecular weight is 463 g/mol. The number of nitrogens with zero attached hydrogens (tertiary/aromatic N) is 4. The molecule has 4 heterocycles. The summed E-state index contributed by atoms with van der Waals surface area (Å²) < 4.78 is 11.6. The van der Waals surface area contributed by atoms with Gasteiger partial charge < -0.3 is 24.4 Å². The Bertz CT molecular complexity index is 1140. The van der Waals surface area contributed by atoms with E-state index in [1.807, 2.05) is 35.2 Å². The van der Waals surface area contributed by atoms with Crippen molar-refractivity contribution in [2.45, 2.75) is 25.5 Å². The Hall–Kier alpha value is -3.07. The summed E-state index contributed by atoms with van der Waals surface area (Å²) in [5, 5.41) is 14.8. The van der Waals surface area contributed by atoms with E-state index in [2.05, 4.69) is 34.8 Å². The Labute approximate surface area is 199 Å². The van der Waals surface area contributed by atoms with E-state index >= 15 is 0 Å². The van der Waals surface area contributed by atoms with E-state index in [1.165, 1.54) is 5.57 Å². The predicted octanol–water partition coefficient (Wildman–Crippen LogP) is 2.97. The van der Waals surface area contributed by atoms with Crippen molar-refractivity contribution in [3.05, 3.63) is 65.2 Å². The van der Waals surface area contributed by atoms with Gasteiger partial charge in [0, 0.05) is 42.5 Å². The number of anilines is 1. The number of fused-ring (bicyclic) bond motifs is 5. The van der Waals surface area contributed by atoms with Gasteiger partial charge in [0.25, 0.3) is 5.91 Å². The highest BCUT2D eigenvalue weighted by Gasteiger charge is 2.47. The molecule has 6 rings (SSSR count). The number of rotatable bonds is 2. The summed E-state index contributed by atoms with van der Waals surface area (Å²) in [6.45, 7) is 8.99. The molecule has 1 atom stereocenters. The molecular formula is C26H30N4O4. The number of aromatic hydroxyl groups is 1. The quantitative estimate of drug-likeness (QED) is 0.689. The third-order valence-electron chi connectivity index (χ3n) is 7.26. The third kappa shape index (κ3) is 3.53. The number of morpholine rings is 1. The number of hydrazine groups is 1. The summed E-state index contributed by atoms with van der Waals surface area (Å²) >= 11 is 0. The largest absolute Gasteiger partial charge is 0.508 e. The van der Waals surface area contributed by atoms with Crippen LogP contribution in [0.2, 0.25) is 0 Å². The minimum atomic E-state index is -0.452. The normalized spacial score (nSPS) is 24.1. The molecular weight excluding hydrogens is 432 g/mol. The lowest BCUT2D eigenvalue weighted by Gasteiger charge is -2.47. The SMILES string of the molecule is CC1(C)Oc2cc(O)ccc2C2C1=CCN1CN(c3ccc(C(=O)N4CCOCC4)cc3)CN21. The molecule has 34 heavy (non-hydrogen) atoms. The number of carbonyl (C=O) groups excluding carboxylic acids is 1. The van der Waals surface area contributed by atoms with Crippen molar-refractivity contribution < 1.29 is 19.4 Å². The highest BCUT2D eigenvalue weighted by Crippen LogP contribution is 2.50. The van der Waals surface area contributed by atoms with E-state index in [9.17, 15) is 9.90 Å². The van der Waals surface area contributed by atoms with Crippen molar-refractivity contribution in [3.8, 4) is 11.5 Å². The topological polar surface area (TPSA) is 68.7 Å². The van der Waals surface area contributed by atoms with Crippen LogP contribution in [0, 0.1) is 0 Å². The second-order valence-electron chi connectivity index (χ2n) is 9.80. The average Bonchev–Trinajstić information content (AvgIpc) is 3.28. The molecule has 2 saturated heterocycles. The zero-order valence-electron chi connectivity index (χ0n) is 19.6. The van der Waals surface area contributed by atoms with E-state index < -0.39 is 5.60 Å². The van der Waals surface area contributed by atoms with E-state index in [0.29, 0.717) is 31.9 Å². The number of hydrogen-bond donors (Lipinski definition) is 1. The summed E-state index contributed by atoms with van der Waals surface area (Å²) in [6.07, 6.45) is 2.28. The summed E-state index contributed by atoms with van der Waals surface area (Å²) in [7, 11) is 0. The van der Waals surface area contributed by atoms with Gasteiger partial charge in [-0.2, -0.15) is 0 Å². The predicted molar refractivity (Wildman–Crippen MR) is 128 cm³/mol. The Morgan fingerprint density at radius 1 is 1.06 bits per heavy atom. The molecule has 0 aromatic heterocycles. The molecule has 0 aliphatic carbocycles. The molecule has 0 bridgehead atoms. The molecule has 0 spiro atoms. The maximum Gasteiger partial charge on any atom is 0.254 e. The van der Waals surface area contributed by atoms with Crippen molar-refractivity contribution in [1.29, 1.82) is 0 Å². The van der Waals surface area contributed by atoms with Gasteiger partial charge in [-0.3, -0.25) is 4.79 Å². The van der Waals surface area contributed by atoms with Crippen LogP contribution in [0.4, 0.5) is 5.69 Å². The molecule has 178 valence electrons. The van der Waals surface area contributed by atoms with E-state index in [-0.39, 0.29) is 17.7 Å². The van der Waals surface area contributed by atoms with Crippen LogP contribution in [0.15, 0.2) is 54.1 Å². The van der Waals surface area contributed by atoms with Crippen LogP contribution in [0.3, 0.4) is 0 Å². The second-order valence-corrected chi connectivity index (χ2v) is 9.80. The summed E-state index contributed by atoms with van der Waals surface area (Å²) in [4.78, 5) is 17.0. The van der Waals surface area contributed by atoms with Gasteiger partial charge in [-0.05, 0) is 55.8 Å². The Morgan fingerprint density at radius 3 is 2.59 bits per heavy atom. The molecule has 0 radical (unpaired) electrons. The number of phenolic OH excluding ortho intramolecular Hbond substituents is 1. The number of amides is 1. The fraction of sp³-hybridized carbons (Fsp3) is 0.423. The first-order valence-electron chi connectivity index (χ1n) is 11.9. The summed E-state index contributed by atoms with van der Waals surface area (Å²) in [5.74, 6) is 1.01. The fourth-order valence-corrected chi connectivity index (χ4v) is 5.47. The zero-order chi connectivity index (χ0) is 23.4. The van der Waals surface area contributed by atoms with Crippen LogP contribution in [-0.2, 0) is 4.74 Å². The molecule has 8 nitrogen and oxygen atoms in total. The number of benzene rings is 2. The molecule has 1 N–H and O–H groups in total. The van der Waals surface area contributed by atoms with E-state index in [1.54, 1.807) is 12.1 Å². The Morgan fingerprint density at radius 2 is 1.82 bits per heavy atom. The number of carbonyl (C=O) groups is 1. The van der Waals surface area contributed by atoms with Crippen LogP contribution < -0.4 is 9.64 Å². The highest BCUT2D eigenvalue weighted by molar-refractivity contribution is 5.94. The molecule has 1 unspecified atom stereocenters. The first-order chi connectivity index (χ1) is 16.4. The van der Waals surface area contributed by atoms with Crippen molar-refractivity contribution >= 4 is 11.6 Å². The monoisotopic (exact) mass is 462 g/mol. The standard InChI is InChI=1S/C26H30N4O4/c1-26(2)22-9-10-29-16-28(17-30(29)24(22)21-8-7-20(31)15-23(21)34-26)19-5-3-18(4-6-19)25(32)27-11-13-33-14-12-27/h3-9,15,24,31H,10-14,16-17H2,1-2H3. The van der Waals surface area contributed by atoms with Crippen molar-refractivity contribution in [2.75, 3.05) is 51.1 Å². The molecule has 2 aromatic carbocycles. The van der Waals surface area contributed by atoms with Gasteiger partial charge in [-0.25, -0.2) is 10.0 Å². The van der Waals surface area contributed by atoms with E-state index in [0.717, 1.165) is 36.9 Å².